The van der Waals surface area contributed by atoms with Gasteiger partial charge in [0.1, 0.15) is 31.4 Å². The van der Waals surface area contributed by atoms with Gasteiger partial charge in [0.2, 0.25) is 0 Å². The number of methoxy groups -OCH3 is 2. The van der Waals surface area contributed by atoms with Crippen molar-refractivity contribution in [1.29, 1.82) is 0 Å². The maximum Gasteiger partial charge on any atom is 0.261 e. The summed E-state index contributed by atoms with van der Waals surface area (Å²) >= 11 is 0. The minimum Gasteiger partial charge on any atom is -0.499 e. The van der Waals surface area contributed by atoms with Gasteiger partial charge < -0.3 is 34.9 Å². The summed E-state index contributed by atoms with van der Waals surface area (Å²) in [6, 6.07) is 26.3. The Hall–Kier alpha value is -6.23. The van der Waals surface area contributed by atoms with Crippen molar-refractivity contribution in [3.63, 3.8) is 0 Å². The summed E-state index contributed by atoms with van der Waals surface area (Å²) in [5.74, 6) is 0.341. The van der Waals surface area contributed by atoms with Crippen LogP contribution in [-0.4, -0.2) is 82.3 Å². The van der Waals surface area contributed by atoms with Crippen molar-refractivity contribution in [2.75, 3.05) is 41.6 Å². The number of benzene rings is 5. The van der Waals surface area contributed by atoms with Gasteiger partial charge in [-0.3, -0.25) is 19.5 Å². The first-order chi connectivity index (χ1) is 27.3. The zero-order valence-corrected chi connectivity index (χ0v) is 31.2. The lowest BCUT2D eigenvalue weighted by molar-refractivity contribution is 0.0976. The van der Waals surface area contributed by atoms with E-state index in [0.29, 0.717) is 35.5 Å². The van der Waals surface area contributed by atoms with Gasteiger partial charge in [-0.2, -0.15) is 0 Å². The summed E-state index contributed by atoms with van der Waals surface area (Å²) in [6.45, 7) is 0.508. The number of rotatable bonds is 8. The number of hydrogen-bond acceptors (Lipinski definition) is 9. The van der Waals surface area contributed by atoms with E-state index < -0.39 is 10.8 Å². The molecular weight excluding hydrogens is 714 g/mol. The number of nitrogens with zero attached hydrogens (tertiary/aromatic N) is 3. The third kappa shape index (κ3) is 6.16. The van der Waals surface area contributed by atoms with Crippen molar-refractivity contribution >= 4 is 77.9 Å². The lowest BCUT2D eigenvalue weighted by atomic mass is 9.57. The van der Waals surface area contributed by atoms with E-state index >= 15 is 0 Å². The predicted octanol–water partition coefficient (Wildman–Crippen LogP) is 4.62. The van der Waals surface area contributed by atoms with Gasteiger partial charge in [-0.1, -0.05) is 42.5 Å². The quantitative estimate of drug-likeness (QED) is 0.174. The Morgan fingerprint density at radius 1 is 0.702 bits per heavy atom. The van der Waals surface area contributed by atoms with Crippen molar-refractivity contribution in [2.45, 2.75) is 35.7 Å². The van der Waals surface area contributed by atoms with E-state index in [1.807, 2.05) is 53.4 Å². The van der Waals surface area contributed by atoms with Gasteiger partial charge in [0.15, 0.2) is 23.0 Å². The van der Waals surface area contributed by atoms with Gasteiger partial charge in [0, 0.05) is 48.4 Å². The van der Waals surface area contributed by atoms with Gasteiger partial charge in [0.25, 0.3) is 11.8 Å². The van der Waals surface area contributed by atoms with Crippen molar-refractivity contribution < 1.29 is 28.5 Å². The van der Waals surface area contributed by atoms with Crippen molar-refractivity contribution in [3.8, 4) is 23.0 Å². The number of anilines is 4. The third-order valence-electron chi connectivity index (χ3n) is 10.9. The van der Waals surface area contributed by atoms with Gasteiger partial charge in [-0.25, -0.2) is 0 Å². The number of fused-ring (bicyclic) bond motifs is 8. The number of para-hydroxylation sites is 2. The molecule has 57 heavy (non-hydrogen) atoms. The van der Waals surface area contributed by atoms with Gasteiger partial charge in [-0.05, 0) is 65.1 Å². The first-order valence-electron chi connectivity index (χ1n) is 18.4. The number of carbonyl (C=O) groups excluding carboxylic acids is 2. The maximum absolute atomic E-state index is 13.9. The summed E-state index contributed by atoms with van der Waals surface area (Å²) in [5.41, 5.74) is 12.5. The number of nitrogen functional groups attached to an aromatic ring is 1. The molecule has 11 nitrogen and oxygen atoms in total. The number of nitrogens with two attached hydrogens (primary N) is 1. The minimum atomic E-state index is -2.03. The molecule has 0 aliphatic carbocycles. The molecule has 9 rings (SSSR count). The highest BCUT2D eigenvalue weighted by molar-refractivity contribution is 6.40. The number of hydrogen-bond donors (Lipinski definition) is 2. The van der Waals surface area contributed by atoms with Crippen LogP contribution in [-0.2, 0) is 23.6 Å². The molecule has 4 aliphatic rings. The van der Waals surface area contributed by atoms with Gasteiger partial charge >= 0.3 is 0 Å². The molecule has 3 N–H and O–H groups in total. The van der Waals surface area contributed by atoms with Crippen molar-refractivity contribution in [2.24, 2.45) is 4.99 Å². The Morgan fingerprint density at radius 2 is 1.26 bits per heavy atom. The Morgan fingerprint density at radius 3 is 1.91 bits per heavy atom. The Balaban J connectivity index is 0.995. The van der Waals surface area contributed by atoms with Crippen molar-refractivity contribution in [3.05, 3.63) is 124 Å². The van der Waals surface area contributed by atoms with Crippen LogP contribution in [0.2, 0.25) is 0 Å². The molecule has 2 atom stereocenters. The molecule has 4 aliphatic heterocycles. The average Bonchev–Trinajstić information content (AvgIpc) is 3.68. The molecule has 0 bridgehead atoms. The molecule has 0 spiro atoms. The van der Waals surface area contributed by atoms with E-state index in [4.69, 9.17) is 56.1 Å². The largest absolute Gasteiger partial charge is 0.499 e. The first kappa shape index (κ1) is 36.4. The second kappa shape index (κ2) is 13.5. The average molecular weight is 747 g/mol. The van der Waals surface area contributed by atoms with E-state index in [1.54, 1.807) is 35.4 Å². The number of carbonyl (C=O) groups is 2. The smallest absolute Gasteiger partial charge is 0.261 e. The zero-order chi connectivity index (χ0) is 39.8. The molecule has 0 fully saturated rings. The fourth-order valence-electron chi connectivity index (χ4n) is 8.12. The molecule has 5 aromatic rings. The van der Waals surface area contributed by atoms with E-state index in [2.05, 4.69) is 10.3 Å². The topological polar surface area (TPSA) is 128 Å². The van der Waals surface area contributed by atoms with Crippen molar-refractivity contribution in [1.82, 2.24) is 0 Å². The molecular formula is C42H33B4N5O6. The second-order valence-electron chi connectivity index (χ2n) is 14.6. The van der Waals surface area contributed by atoms with Crippen LogP contribution in [0.15, 0.2) is 96.0 Å². The normalized spacial score (nSPS) is 17.9. The summed E-state index contributed by atoms with van der Waals surface area (Å²) in [7, 11) is 29.5. The number of nitrogens with one attached hydrogen (secondary N) is 1. The highest BCUT2D eigenvalue weighted by Crippen LogP contribution is 2.44. The Labute approximate surface area is 335 Å². The fourth-order valence-corrected chi connectivity index (χ4v) is 8.12. The van der Waals surface area contributed by atoms with Gasteiger partial charge in [-0.15, -0.1) is 0 Å². The molecule has 0 aromatic heterocycles. The monoisotopic (exact) mass is 747 g/mol. The van der Waals surface area contributed by atoms with Crippen LogP contribution in [0.4, 0.5) is 28.4 Å². The summed E-state index contributed by atoms with van der Waals surface area (Å²) in [5, 5.41) is -0.647. The molecule has 8 radical (unpaired) electrons. The third-order valence-corrected chi connectivity index (χ3v) is 10.9. The lowest BCUT2D eigenvalue weighted by Gasteiger charge is -2.34. The molecule has 0 saturated carbocycles. The summed E-state index contributed by atoms with van der Waals surface area (Å²) < 4.78 is 23.8. The first-order valence-corrected chi connectivity index (χ1v) is 18.4. The molecule has 2 amide bonds. The minimum absolute atomic E-state index is 0.0710. The molecule has 15 heteroatoms. The molecule has 274 valence electrons. The van der Waals surface area contributed by atoms with Crippen LogP contribution in [0.1, 0.15) is 43.0 Å². The fraction of sp³-hybridized carbons (Fsp3) is 0.214. The van der Waals surface area contributed by atoms with E-state index in [-0.39, 0.29) is 63.7 Å². The number of amides is 2. The SMILES string of the molecule is [B]C([B])(Oc1cc2c(cc1OC)C(=O)N1c3ccccc3C[C@H]1C=N2)c1cc(N)cc(C([B])([B])Oc2cc3c(cc2OC)C(=O)N2c4ccccc4C[C@H]2CN3)c1. The van der Waals surface area contributed by atoms with Crippen LogP contribution in [0.25, 0.3) is 0 Å². The van der Waals surface area contributed by atoms with Crippen LogP contribution in [0, 0.1) is 0 Å². The maximum atomic E-state index is 13.9. The highest BCUT2D eigenvalue weighted by atomic mass is 16.5. The Kier molecular flexibility index (Phi) is 8.60. The Bertz CT molecular complexity index is 2530. The number of aliphatic imine (C=N–C) groups is 1. The van der Waals surface area contributed by atoms with Crippen LogP contribution < -0.4 is 39.8 Å². The van der Waals surface area contributed by atoms with Gasteiger partial charge in [0.05, 0.1) is 59.6 Å². The summed E-state index contributed by atoms with van der Waals surface area (Å²) in [4.78, 5) is 36.1. The number of ether oxygens (including phenoxy) is 4. The lowest BCUT2D eigenvalue weighted by Crippen LogP contribution is -2.39. The van der Waals surface area contributed by atoms with Crippen LogP contribution >= 0.6 is 0 Å². The molecule has 5 aromatic carbocycles. The summed E-state index contributed by atoms with van der Waals surface area (Å²) in [6.07, 6.45) is 3.12. The van der Waals surface area contributed by atoms with E-state index in [1.165, 1.54) is 32.4 Å². The second-order valence-corrected chi connectivity index (χ2v) is 14.6. The molecule has 0 unspecified atom stereocenters. The van der Waals surface area contributed by atoms with E-state index in [0.717, 1.165) is 28.9 Å². The standard InChI is InChI=1S/C42H33B4N5O6/c1-54-35-16-29-31(48-20-27-11-22-7-3-5-9-33(22)50(27)39(29)52)18-37(35)56-41(43,44)24-13-25(15-26(47)14-24)42(45,46)57-38-19-32-30(17-36(38)55-2)40(53)51-28(21-49-32)12-23-8-4-6-10-34(23)51/h3-10,13-20,27-28,49H,11-12,21,47H2,1-2H3/t27-,28-/m0/s1. The highest BCUT2D eigenvalue weighted by Gasteiger charge is 2.39. The molecule has 0 saturated heterocycles. The van der Waals surface area contributed by atoms with Crippen LogP contribution in [0.5, 0.6) is 23.0 Å². The zero-order valence-electron chi connectivity index (χ0n) is 31.2. The molecule has 4 heterocycles. The van der Waals surface area contributed by atoms with E-state index in [9.17, 15) is 9.59 Å². The predicted molar refractivity (Wildman–Crippen MR) is 223 cm³/mol. The van der Waals surface area contributed by atoms with Crippen LogP contribution in [0.3, 0.4) is 0 Å².